The van der Waals surface area contributed by atoms with Gasteiger partial charge < -0.3 is 19.5 Å². The summed E-state index contributed by atoms with van der Waals surface area (Å²) in [5, 5.41) is 17.5. The van der Waals surface area contributed by atoms with Crippen LogP contribution in [0.25, 0.3) is 0 Å². The van der Waals surface area contributed by atoms with E-state index in [1.165, 1.54) is 0 Å². The van der Waals surface area contributed by atoms with Crippen molar-refractivity contribution in [2.24, 2.45) is 0 Å². The van der Waals surface area contributed by atoms with Gasteiger partial charge in [-0.25, -0.2) is 0 Å². The van der Waals surface area contributed by atoms with E-state index in [4.69, 9.17) is 15.0 Å². The second-order valence-electron chi connectivity index (χ2n) is 3.26. The maximum Gasteiger partial charge on any atom is 0.101 e. The van der Waals surface area contributed by atoms with Crippen molar-refractivity contribution in [3.8, 4) is 0 Å². The van der Waals surface area contributed by atoms with Crippen LogP contribution in [0, 0.1) is 0 Å². The Hall–Kier alpha value is -0.870. The molecule has 0 bridgehead atoms. The molecule has 0 saturated carbocycles. The third kappa shape index (κ3) is 22.9. The summed E-state index contributed by atoms with van der Waals surface area (Å²) in [7, 11) is 6.16. The predicted octanol–water partition coefficient (Wildman–Crippen LogP) is -1.39. The van der Waals surface area contributed by atoms with Crippen molar-refractivity contribution in [3.05, 3.63) is 12.7 Å². The van der Waals surface area contributed by atoms with Gasteiger partial charge in [0.05, 0.1) is 33.7 Å². The average molecular weight is 175 g/mol. The quantitative estimate of drug-likeness (QED) is 0.424. The lowest BCUT2D eigenvalue weighted by atomic mass is 10.5. The van der Waals surface area contributed by atoms with Gasteiger partial charge in [-0.3, -0.25) is 0 Å². The number of aliphatic hydroxyl groups excluding tert-OH is 1. The lowest BCUT2D eigenvalue weighted by Crippen LogP contribution is -2.36. The molecule has 1 N–H and O–H groups in total. The number of carbonyl (C=O) groups is 1. The van der Waals surface area contributed by atoms with Crippen LogP contribution < -0.4 is 5.11 Å². The van der Waals surface area contributed by atoms with E-state index in [-0.39, 0.29) is 6.61 Å². The molecule has 0 spiro atoms. The molecule has 4 heteroatoms. The van der Waals surface area contributed by atoms with Crippen molar-refractivity contribution in [1.82, 2.24) is 0 Å². The van der Waals surface area contributed by atoms with Crippen LogP contribution in [0.4, 0.5) is 0 Å². The van der Waals surface area contributed by atoms with Crippen molar-refractivity contribution in [1.29, 1.82) is 0 Å². The number of carboxylic acid groups (broad SMARTS) is 1. The van der Waals surface area contributed by atoms with Crippen LogP contribution in [0.5, 0.6) is 0 Å². The molecule has 0 rings (SSSR count). The predicted molar refractivity (Wildman–Crippen MR) is 45.2 cm³/mol. The minimum atomic E-state index is -1.23. The van der Waals surface area contributed by atoms with Crippen molar-refractivity contribution in [2.75, 3.05) is 34.3 Å². The highest BCUT2D eigenvalue weighted by molar-refractivity contribution is 5.76. The van der Waals surface area contributed by atoms with Crippen molar-refractivity contribution < 1.29 is 19.5 Å². The Labute approximate surface area is 73.3 Å². The number of aliphatic hydroxyl groups is 1. The molecule has 0 saturated heterocycles. The molecule has 0 heterocycles. The Balaban J connectivity index is 0. The van der Waals surface area contributed by atoms with Gasteiger partial charge in [0.1, 0.15) is 6.54 Å². The molecule has 0 aromatic heterocycles. The number of carbonyl (C=O) groups excluding carboxylic acids is 1. The van der Waals surface area contributed by atoms with E-state index in [1.54, 1.807) is 0 Å². The summed E-state index contributed by atoms with van der Waals surface area (Å²) in [5.41, 5.74) is 0. The molecule has 0 atom stereocenters. The van der Waals surface area contributed by atoms with Gasteiger partial charge >= 0.3 is 0 Å². The van der Waals surface area contributed by atoms with Crippen LogP contribution in [0.1, 0.15) is 0 Å². The van der Waals surface area contributed by atoms with Crippen LogP contribution in [-0.4, -0.2) is 49.9 Å². The summed E-state index contributed by atoms with van der Waals surface area (Å²) in [5.74, 6) is -1.23. The van der Waals surface area contributed by atoms with Crippen molar-refractivity contribution in [2.45, 2.75) is 0 Å². The van der Waals surface area contributed by atoms with Gasteiger partial charge in [-0.15, -0.1) is 0 Å². The lowest BCUT2D eigenvalue weighted by molar-refractivity contribution is -0.870. The molecule has 12 heavy (non-hydrogen) atoms. The Morgan fingerprint density at radius 1 is 1.58 bits per heavy atom. The first-order chi connectivity index (χ1) is 5.33. The van der Waals surface area contributed by atoms with Crippen molar-refractivity contribution >= 4 is 5.97 Å². The minimum absolute atomic E-state index is 0.281. The highest BCUT2D eigenvalue weighted by atomic mass is 16.4. The minimum Gasteiger partial charge on any atom is -0.545 e. The third-order valence-corrected chi connectivity index (χ3v) is 0.937. The van der Waals surface area contributed by atoms with E-state index < -0.39 is 5.97 Å². The van der Waals surface area contributed by atoms with E-state index in [0.717, 1.165) is 17.1 Å². The van der Waals surface area contributed by atoms with E-state index in [1.807, 2.05) is 0 Å². The number of rotatable bonds is 3. The van der Waals surface area contributed by atoms with Crippen LogP contribution in [0.2, 0.25) is 0 Å². The van der Waals surface area contributed by atoms with Crippen LogP contribution in [0.3, 0.4) is 0 Å². The molecule has 0 aromatic rings. The van der Waals surface area contributed by atoms with Gasteiger partial charge in [0, 0.05) is 0 Å². The zero-order valence-corrected chi connectivity index (χ0v) is 7.91. The highest BCUT2D eigenvalue weighted by Crippen LogP contribution is 1.84. The Morgan fingerprint density at radius 3 is 1.92 bits per heavy atom. The van der Waals surface area contributed by atoms with E-state index in [0.29, 0.717) is 0 Å². The number of likely N-dealkylation sites (N-methyl/N-ethyl adjacent to an activating group) is 1. The summed E-state index contributed by atoms with van der Waals surface area (Å²) in [6.45, 7) is 4.01. The summed E-state index contributed by atoms with van der Waals surface area (Å²) in [4.78, 5) is 9.14. The lowest BCUT2D eigenvalue weighted by Gasteiger charge is -2.21. The number of quaternary nitrogens is 1. The summed E-state index contributed by atoms with van der Waals surface area (Å²) < 4.78 is 0.844. The number of aliphatic carboxylic acids is 1. The van der Waals surface area contributed by atoms with Crippen molar-refractivity contribution in [3.63, 3.8) is 0 Å². The maximum absolute atomic E-state index is 9.14. The Morgan fingerprint density at radius 2 is 1.92 bits per heavy atom. The first-order valence-electron chi connectivity index (χ1n) is 3.58. The normalized spacial score (nSPS) is 9.67. The van der Waals surface area contributed by atoms with Crippen LogP contribution >= 0.6 is 0 Å². The number of nitrogens with zero attached hydrogens (tertiary/aromatic N) is 1. The zero-order valence-electron chi connectivity index (χ0n) is 7.91. The molecule has 0 aliphatic heterocycles. The van der Waals surface area contributed by atoms with Gasteiger partial charge in [0.25, 0.3) is 0 Å². The van der Waals surface area contributed by atoms with Crippen LogP contribution in [0.15, 0.2) is 12.7 Å². The molecule has 72 valence electrons. The summed E-state index contributed by atoms with van der Waals surface area (Å²) in [6, 6.07) is 0. The number of hydrogen-bond donors (Lipinski definition) is 1. The second-order valence-corrected chi connectivity index (χ2v) is 3.26. The summed E-state index contributed by atoms with van der Waals surface area (Å²) in [6.07, 6.45) is 0.722. The van der Waals surface area contributed by atoms with Gasteiger partial charge in [0.15, 0.2) is 0 Å². The fourth-order valence-electron chi connectivity index (χ4n) is 0.300. The molecule has 0 radical (unpaired) electrons. The molecular formula is C8H17NO3. The molecular weight excluding hydrogens is 158 g/mol. The molecule has 0 aliphatic rings. The van der Waals surface area contributed by atoms with Gasteiger partial charge in [-0.2, -0.15) is 0 Å². The smallest absolute Gasteiger partial charge is 0.101 e. The van der Waals surface area contributed by atoms with Gasteiger partial charge in [-0.05, 0) is 6.08 Å². The number of carboxylic acids is 1. The fourth-order valence-corrected chi connectivity index (χ4v) is 0.300. The molecule has 0 aliphatic carbocycles. The molecule has 0 fully saturated rings. The summed E-state index contributed by atoms with van der Waals surface area (Å²) >= 11 is 0. The van der Waals surface area contributed by atoms with Gasteiger partial charge in [0.2, 0.25) is 0 Å². The SMILES string of the molecule is C=CC(=O)[O-].C[N+](C)(C)CCO. The molecule has 4 nitrogen and oxygen atoms in total. The number of hydrogen-bond acceptors (Lipinski definition) is 3. The topological polar surface area (TPSA) is 60.4 Å². The maximum atomic E-state index is 9.14. The van der Waals surface area contributed by atoms with Crippen LogP contribution in [-0.2, 0) is 4.79 Å². The Kier molecular flexibility index (Phi) is 7.78. The first-order valence-corrected chi connectivity index (χ1v) is 3.58. The van der Waals surface area contributed by atoms with E-state index in [9.17, 15) is 0 Å². The average Bonchev–Trinajstić information content (AvgIpc) is 1.86. The monoisotopic (exact) mass is 175 g/mol. The van der Waals surface area contributed by atoms with Gasteiger partial charge in [-0.1, -0.05) is 6.58 Å². The fraction of sp³-hybridized carbons (Fsp3) is 0.625. The first kappa shape index (κ1) is 13.7. The zero-order chi connectivity index (χ0) is 10.2. The molecule has 0 aromatic carbocycles. The molecule has 0 unspecified atom stereocenters. The third-order valence-electron chi connectivity index (χ3n) is 0.937. The highest BCUT2D eigenvalue weighted by Gasteiger charge is 2.02. The second kappa shape index (κ2) is 6.82. The van der Waals surface area contributed by atoms with E-state index in [2.05, 4.69) is 27.7 Å². The Bertz CT molecular complexity index is 138. The van der Waals surface area contributed by atoms with E-state index >= 15 is 0 Å². The standard InChI is InChI=1S/C5H14NO.C3H4O2/c1-6(2,3)4-5-7;1-2-3(4)5/h7H,4-5H2,1-3H3;2H,1H2,(H,4,5)/q+1;/p-1. The molecule has 0 amide bonds. The largest absolute Gasteiger partial charge is 0.545 e.